The Balaban J connectivity index is 0.00000102. The van der Waals surface area contributed by atoms with Crippen molar-refractivity contribution in [1.29, 1.82) is 0 Å². The fraction of sp³-hybridized carbons (Fsp3) is 0.200. The van der Waals surface area contributed by atoms with Crippen molar-refractivity contribution in [3.63, 3.8) is 0 Å². The number of halogens is 14. The van der Waals surface area contributed by atoms with Gasteiger partial charge in [0.15, 0.2) is 62.7 Å². The van der Waals surface area contributed by atoms with Crippen molar-refractivity contribution in [3.05, 3.63) is 98.1 Å². The van der Waals surface area contributed by atoms with Crippen LogP contribution in [0.4, 0.5) is 50.4 Å². The van der Waals surface area contributed by atoms with E-state index in [9.17, 15) is 50.4 Å². The van der Waals surface area contributed by atoms with Crippen molar-refractivity contribution < 1.29 is 117 Å². The van der Waals surface area contributed by atoms with Gasteiger partial charge >= 0.3 is 66.0 Å². The topological polar surface area (TPSA) is 15.5 Å². The van der Waals surface area contributed by atoms with E-state index in [1.807, 2.05) is 14.1 Å². The van der Waals surface area contributed by atoms with E-state index in [4.69, 9.17) is 0 Å². The van der Waals surface area contributed by atoms with Crippen LogP contribution in [0.3, 0.4) is 0 Å². The Morgan fingerprint density at radius 1 is 0.400 bits per heavy atom. The van der Waals surface area contributed by atoms with E-state index in [1.165, 1.54) is 22.3 Å². The van der Waals surface area contributed by atoms with Crippen LogP contribution in [0.25, 0.3) is 22.3 Å². The van der Waals surface area contributed by atoms with Gasteiger partial charge in [-0.05, 0) is 22.3 Å². The summed E-state index contributed by atoms with van der Waals surface area (Å²) in [5.74, 6) is 0. The first-order valence-electron chi connectivity index (χ1n) is 12.1. The van der Waals surface area contributed by atoms with Crippen LogP contribution in [0.2, 0.25) is 0 Å². The molecule has 0 spiro atoms. The standard InChI is InChI=1S/C25H28N4.2F6P.2HI/c1-26-14-4-22(5-15-26)24-8-18-28(19-9-24)12-3-13-29-20-10-25(11-21-29)23-6-16-27(2)17-7-23;2*1-7(2,3,4,5)6;;/h4-11,14-21H,3,12-13H2,1-2H3;;;2*1H/q+4;2*-1;;/p-2. The summed E-state index contributed by atoms with van der Waals surface area (Å²) in [6, 6.07) is 17.4. The largest absolute Gasteiger partial charge is 1.00 e. The SMILES string of the molecule is C[n+]1ccc(-c2cc[n+](CCC[n+]3ccc(-c4cc[n+](C)cc4)cc3)cc2)cc1.F[P-](F)(F)(F)(F)F.F[P-](F)(F)(F)(F)F.[I-].[I-]. The van der Waals surface area contributed by atoms with Gasteiger partial charge in [0.2, 0.25) is 0 Å². The van der Waals surface area contributed by atoms with Crippen molar-refractivity contribution in [2.24, 2.45) is 14.1 Å². The normalized spacial score (nSPS) is 14.2. The molecular formula is C25H28F12I2N4P2. The maximum Gasteiger partial charge on any atom is -1.00 e. The number of pyridine rings is 4. The molecular weight excluding hydrogens is 900 g/mol. The summed E-state index contributed by atoms with van der Waals surface area (Å²) in [6.07, 6.45) is 18.1. The van der Waals surface area contributed by atoms with Crippen molar-refractivity contribution in [3.8, 4) is 22.3 Å². The Hall–Kier alpha value is -1.92. The Labute approximate surface area is 284 Å². The van der Waals surface area contributed by atoms with Gasteiger partial charge in [-0.25, -0.2) is 18.3 Å². The molecule has 4 nitrogen and oxygen atoms in total. The molecule has 0 saturated heterocycles. The van der Waals surface area contributed by atoms with Crippen molar-refractivity contribution in [2.75, 3.05) is 0 Å². The van der Waals surface area contributed by atoms with Crippen LogP contribution < -0.4 is 66.2 Å². The van der Waals surface area contributed by atoms with Gasteiger partial charge in [0.1, 0.15) is 14.1 Å². The molecule has 4 heterocycles. The zero-order chi connectivity index (χ0) is 32.9. The maximum absolute atomic E-state index is 10.7. The molecule has 0 saturated carbocycles. The fourth-order valence-corrected chi connectivity index (χ4v) is 3.42. The average molecular weight is 928 g/mol. The van der Waals surface area contributed by atoms with Crippen molar-refractivity contribution in [2.45, 2.75) is 19.5 Å². The number of nitrogens with zero attached hydrogens (tertiary/aromatic N) is 4. The van der Waals surface area contributed by atoms with Crippen LogP contribution in [0.5, 0.6) is 0 Å². The zero-order valence-electron chi connectivity index (χ0n) is 23.3. The molecule has 4 aromatic rings. The van der Waals surface area contributed by atoms with E-state index in [0.717, 1.165) is 19.5 Å². The zero-order valence-corrected chi connectivity index (χ0v) is 29.4. The van der Waals surface area contributed by atoms with Crippen LogP contribution >= 0.6 is 15.6 Å². The van der Waals surface area contributed by atoms with E-state index in [0.29, 0.717) is 0 Å². The number of hydrogen-bond acceptors (Lipinski definition) is 0. The Kier molecular flexibility index (Phi) is 13.5. The minimum Gasteiger partial charge on any atom is -1.00 e. The molecule has 0 N–H and O–H groups in total. The molecule has 0 atom stereocenters. The summed E-state index contributed by atoms with van der Waals surface area (Å²) in [7, 11) is -17.2. The van der Waals surface area contributed by atoms with Gasteiger partial charge < -0.3 is 48.0 Å². The Morgan fingerprint density at radius 3 is 0.778 bits per heavy atom. The second kappa shape index (κ2) is 14.1. The Morgan fingerprint density at radius 2 is 0.578 bits per heavy atom. The molecule has 0 aliphatic rings. The van der Waals surface area contributed by atoms with Gasteiger partial charge in [-0.2, -0.15) is 0 Å². The predicted octanol–water partition coefficient (Wildman–Crippen LogP) is 3.11. The molecule has 4 rings (SSSR count). The third kappa shape index (κ3) is 24.9. The fourth-order valence-electron chi connectivity index (χ4n) is 3.42. The molecule has 0 radical (unpaired) electrons. The van der Waals surface area contributed by atoms with Crippen LogP contribution in [0, 0.1) is 0 Å². The summed E-state index contributed by atoms with van der Waals surface area (Å²) < 4.78 is 127. The molecule has 0 amide bonds. The van der Waals surface area contributed by atoms with E-state index in [-0.39, 0.29) is 48.0 Å². The molecule has 20 heteroatoms. The number of hydrogen-bond donors (Lipinski definition) is 0. The summed E-state index contributed by atoms with van der Waals surface area (Å²) in [6.45, 7) is 2.02. The number of rotatable bonds is 6. The molecule has 4 aromatic heterocycles. The van der Waals surface area contributed by atoms with Crippen LogP contribution in [0.15, 0.2) is 98.1 Å². The molecule has 0 fully saturated rings. The van der Waals surface area contributed by atoms with Crippen molar-refractivity contribution >= 4 is 15.6 Å². The third-order valence-corrected chi connectivity index (χ3v) is 5.24. The molecule has 45 heavy (non-hydrogen) atoms. The molecule has 0 unspecified atom stereocenters. The average Bonchev–Trinajstić information content (AvgIpc) is 2.82. The molecule has 0 aliphatic carbocycles. The maximum atomic E-state index is 9.87. The molecule has 0 aromatic carbocycles. The first kappa shape index (κ1) is 43.1. The van der Waals surface area contributed by atoms with Crippen LogP contribution in [0.1, 0.15) is 6.42 Å². The third-order valence-electron chi connectivity index (χ3n) is 5.24. The summed E-state index contributed by atoms with van der Waals surface area (Å²) in [5.41, 5.74) is 5.00. The van der Waals surface area contributed by atoms with Crippen molar-refractivity contribution in [1.82, 2.24) is 0 Å². The van der Waals surface area contributed by atoms with Crippen LogP contribution in [-0.2, 0) is 27.2 Å². The second-order valence-corrected chi connectivity index (χ2v) is 13.3. The van der Waals surface area contributed by atoms with Gasteiger partial charge in [0.05, 0.1) is 6.42 Å². The molecule has 256 valence electrons. The first-order chi connectivity index (χ1) is 19.1. The van der Waals surface area contributed by atoms with Gasteiger partial charge in [-0.3, -0.25) is 0 Å². The van der Waals surface area contributed by atoms with Gasteiger partial charge in [0, 0.05) is 48.5 Å². The predicted molar refractivity (Wildman–Crippen MR) is 138 cm³/mol. The van der Waals surface area contributed by atoms with E-state index < -0.39 is 15.6 Å². The van der Waals surface area contributed by atoms with Gasteiger partial charge in [-0.15, -0.1) is 0 Å². The van der Waals surface area contributed by atoms with E-state index >= 15 is 0 Å². The monoisotopic (exact) mass is 928 g/mol. The summed E-state index contributed by atoms with van der Waals surface area (Å²) in [4.78, 5) is 0. The smallest absolute Gasteiger partial charge is 1.00 e. The van der Waals surface area contributed by atoms with Gasteiger partial charge in [-0.1, -0.05) is 0 Å². The van der Waals surface area contributed by atoms with E-state index in [1.54, 1.807) is 0 Å². The Bertz CT molecular complexity index is 1360. The van der Waals surface area contributed by atoms with E-state index in [2.05, 4.69) is 116 Å². The van der Waals surface area contributed by atoms with Crippen LogP contribution in [-0.4, -0.2) is 0 Å². The number of aryl methyl sites for hydroxylation is 4. The van der Waals surface area contributed by atoms with Gasteiger partial charge in [0.25, 0.3) is 0 Å². The number of aromatic nitrogens is 4. The summed E-state index contributed by atoms with van der Waals surface area (Å²) in [5, 5.41) is 0. The molecule has 0 aliphatic heterocycles. The second-order valence-electron chi connectivity index (χ2n) is 9.42. The first-order valence-corrected chi connectivity index (χ1v) is 16.2. The molecule has 0 bridgehead atoms. The summed E-state index contributed by atoms with van der Waals surface area (Å²) >= 11 is 0. The quantitative estimate of drug-likeness (QED) is 0.123. The minimum atomic E-state index is -10.7. The minimum absolute atomic E-state index is 0.